The van der Waals surface area contributed by atoms with E-state index in [4.69, 9.17) is 23.7 Å². The zero-order valence-electron chi connectivity index (χ0n) is 24.1. The first-order valence-corrected chi connectivity index (χ1v) is 13.0. The maximum atomic E-state index is 11.1. The molecule has 2 fully saturated rings. The standard InChI is InChI=1S/C15H21BO3.C14H19BO4/c1-11(17)10-12-6-8-13(9-7-12)16-18-14(2,3)15(4,5)19-16;1-13(2)14(3,4)19-15(18-13)11-7-5-10(6-8-11)9-12(16)17/h6-9H,10H2,1-5H3;5-8H,9H2,1-4H3,(H,16,17). The molecule has 204 valence electrons. The van der Waals surface area contributed by atoms with E-state index in [1.807, 2.05) is 91.8 Å². The Hall–Kier alpha value is -2.45. The number of rotatable bonds is 6. The Bertz CT molecular complexity index is 1020. The van der Waals surface area contributed by atoms with Gasteiger partial charge in [0.15, 0.2) is 0 Å². The van der Waals surface area contributed by atoms with E-state index in [0.717, 1.165) is 22.1 Å². The third-order valence-corrected chi connectivity index (χ3v) is 7.82. The highest BCUT2D eigenvalue weighted by molar-refractivity contribution is 6.62. The van der Waals surface area contributed by atoms with Crippen LogP contribution < -0.4 is 10.9 Å². The highest BCUT2D eigenvalue weighted by Crippen LogP contribution is 2.37. The number of benzene rings is 2. The van der Waals surface area contributed by atoms with Crippen molar-refractivity contribution in [3.05, 3.63) is 59.7 Å². The van der Waals surface area contributed by atoms with E-state index in [1.54, 1.807) is 19.1 Å². The van der Waals surface area contributed by atoms with Crippen molar-refractivity contribution in [2.45, 2.75) is 97.6 Å². The van der Waals surface area contributed by atoms with Crippen molar-refractivity contribution < 1.29 is 33.3 Å². The Morgan fingerprint density at radius 2 is 0.895 bits per heavy atom. The quantitative estimate of drug-likeness (QED) is 0.579. The molecule has 2 aromatic rings. The summed E-state index contributed by atoms with van der Waals surface area (Å²) >= 11 is 0. The predicted octanol–water partition coefficient (Wildman–Crippen LogP) is 3.73. The maximum Gasteiger partial charge on any atom is 0.494 e. The van der Waals surface area contributed by atoms with Crippen molar-refractivity contribution >= 4 is 36.9 Å². The Morgan fingerprint density at radius 1 is 0.605 bits per heavy atom. The zero-order valence-corrected chi connectivity index (χ0v) is 24.1. The molecule has 0 spiro atoms. The maximum absolute atomic E-state index is 11.1. The summed E-state index contributed by atoms with van der Waals surface area (Å²) in [4.78, 5) is 21.7. The molecule has 0 radical (unpaired) electrons. The number of carbonyl (C=O) groups excluding carboxylic acids is 1. The SMILES string of the molecule is CC(=O)Cc1ccc(B2OC(C)(C)C(C)(C)O2)cc1.CC1(C)OB(c2ccc(CC(=O)O)cc2)OC1(C)C. The molecule has 2 aromatic carbocycles. The number of Topliss-reactive ketones (excluding diaryl/α,β-unsaturated/α-hetero) is 1. The highest BCUT2D eigenvalue weighted by atomic mass is 16.7. The molecular formula is C29H40B2O7. The van der Waals surface area contributed by atoms with E-state index in [2.05, 4.69) is 0 Å². The molecule has 0 unspecified atom stereocenters. The number of ketones is 1. The second-order valence-electron chi connectivity index (χ2n) is 12.1. The van der Waals surface area contributed by atoms with Gasteiger partial charge in [-0.05, 0) is 84.4 Å². The normalized spacial score (nSPS) is 20.6. The van der Waals surface area contributed by atoms with Crippen LogP contribution in [0, 0.1) is 0 Å². The zero-order chi connectivity index (χ0) is 28.5. The van der Waals surface area contributed by atoms with Gasteiger partial charge in [0.05, 0.1) is 28.8 Å². The van der Waals surface area contributed by atoms with Crippen LogP contribution in [-0.4, -0.2) is 53.5 Å². The number of carbonyl (C=O) groups is 2. The van der Waals surface area contributed by atoms with Gasteiger partial charge in [-0.2, -0.15) is 0 Å². The first-order chi connectivity index (χ1) is 17.4. The Balaban J connectivity index is 0.000000211. The molecule has 2 aliphatic heterocycles. The van der Waals surface area contributed by atoms with Crippen LogP contribution in [0.1, 0.15) is 73.4 Å². The average Bonchev–Trinajstić information content (AvgIpc) is 3.14. The van der Waals surface area contributed by atoms with Gasteiger partial charge in [0.1, 0.15) is 5.78 Å². The van der Waals surface area contributed by atoms with Gasteiger partial charge in [0, 0.05) is 6.42 Å². The lowest BCUT2D eigenvalue weighted by molar-refractivity contribution is -0.136. The molecule has 2 heterocycles. The molecule has 7 nitrogen and oxygen atoms in total. The van der Waals surface area contributed by atoms with Crippen LogP contribution in [0.15, 0.2) is 48.5 Å². The van der Waals surface area contributed by atoms with Crippen LogP contribution in [0.5, 0.6) is 0 Å². The summed E-state index contributed by atoms with van der Waals surface area (Å²) in [5, 5.41) is 8.74. The van der Waals surface area contributed by atoms with Crippen LogP contribution in [0.3, 0.4) is 0 Å². The van der Waals surface area contributed by atoms with Crippen molar-refractivity contribution in [2.24, 2.45) is 0 Å². The highest BCUT2D eigenvalue weighted by Gasteiger charge is 2.52. The minimum absolute atomic E-state index is 0.0314. The molecule has 0 bridgehead atoms. The van der Waals surface area contributed by atoms with Gasteiger partial charge in [0.2, 0.25) is 0 Å². The van der Waals surface area contributed by atoms with Gasteiger partial charge in [-0.15, -0.1) is 0 Å². The lowest BCUT2D eigenvalue weighted by Gasteiger charge is -2.32. The third kappa shape index (κ3) is 6.94. The van der Waals surface area contributed by atoms with Crippen molar-refractivity contribution in [3.63, 3.8) is 0 Å². The number of carboxylic acid groups (broad SMARTS) is 1. The van der Waals surface area contributed by atoms with Crippen molar-refractivity contribution in [1.82, 2.24) is 0 Å². The largest absolute Gasteiger partial charge is 0.494 e. The molecule has 9 heteroatoms. The van der Waals surface area contributed by atoms with Gasteiger partial charge in [-0.1, -0.05) is 48.5 Å². The molecule has 2 saturated heterocycles. The number of hydrogen-bond donors (Lipinski definition) is 1. The van der Waals surface area contributed by atoms with Crippen molar-refractivity contribution in [2.75, 3.05) is 0 Å². The lowest BCUT2D eigenvalue weighted by atomic mass is 9.78. The molecule has 0 amide bonds. The summed E-state index contributed by atoms with van der Waals surface area (Å²) < 4.78 is 23.8. The van der Waals surface area contributed by atoms with Crippen LogP contribution in [0.4, 0.5) is 0 Å². The van der Waals surface area contributed by atoms with Gasteiger partial charge in [0.25, 0.3) is 0 Å². The van der Waals surface area contributed by atoms with Gasteiger partial charge in [-0.3, -0.25) is 9.59 Å². The molecule has 0 saturated carbocycles. The minimum Gasteiger partial charge on any atom is -0.481 e. The van der Waals surface area contributed by atoms with Gasteiger partial charge >= 0.3 is 20.2 Å². The number of aliphatic carboxylic acids is 1. The molecular weight excluding hydrogens is 482 g/mol. The topological polar surface area (TPSA) is 91.3 Å². The van der Waals surface area contributed by atoms with Crippen molar-refractivity contribution in [3.8, 4) is 0 Å². The predicted molar refractivity (Wildman–Crippen MR) is 150 cm³/mol. The first-order valence-electron chi connectivity index (χ1n) is 13.0. The van der Waals surface area contributed by atoms with E-state index in [1.165, 1.54) is 0 Å². The van der Waals surface area contributed by atoms with E-state index >= 15 is 0 Å². The summed E-state index contributed by atoms with van der Waals surface area (Å²) in [7, 11) is -0.736. The van der Waals surface area contributed by atoms with Crippen LogP contribution in [0.25, 0.3) is 0 Å². The fourth-order valence-corrected chi connectivity index (χ4v) is 4.01. The molecule has 2 aliphatic rings. The smallest absolute Gasteiger partial charge is 0.481 e. The van der Waals surface area contributed by atoms with E-state index in [0.29, 0.717) is 6.42 Å². The number of hydrogen-bond acceptors (Lipinski definition) is 6. The molecule has 1 N–H and O–H groups in total. The summed E-state index contributed by atoms with van der Waals surface area (Å²) in [6.07, 6.45) is 0.507. The molecule has 0 aromatic heterocycles. The fraction of sp³-hybridized carbons (Fsp3) is 0.517. The van der Waals surface area contributed by atoms with Gasteiger partial charge in [-0.25, -0.2) is 0 Å². The summed E-state index contributed by atoms with van der Waals surface area (Å²) in [6, 6.07) is 15.2. The Labute approximate surface area is 227 Å². The summed E-state index contributed by atoms with van der Waals surface area (Å²) in [5.74, 6) is -0.660. The Kier molecular flexibility index (Phi) is 8.69. The second kappa shape index (κ2) is 11.0. The Morgan fingerprint density at radius 3 is 1.16 bits per heavy atom. The summed E-state index contributed by atoms with van der Waals surface area (Å²) in [6.45, 7) is 17.8. The average molecular weight is 522 g/mol. The van der Waals surface area contributed by atoms with Crippen LogP contribution in [0.2, 0.25) is 0 Å². The van der Waals surface area contributed by atoms with E-state index in [9.17, 15) is 9.59 Å². The minimum atomic E-state index is -0.830. The molecule has 38 heavy (non-hydrogen) atoms. The van der Waals surface area contributed by atoms with Crippen LogP contribution >= 0.6 is 0 Å². The van der Waals surface area contributed by atoms with E-state index in [-0.39, 0.29) is 41.7 Å². The molecule has 0 aliphatic carbocycles. The second-order valence-corrected chi connectivity index (χ2v) is 12.1. The van der Waals surface area contributed by atoms with E-state index < -0.39 is 13.1 Å². The lowest BCUT2D eigenvalue weighted by Crippen LogP contribution is -2.41. The fourth-order valence-electron chi connectivity index (χ4n) is 4.01. The number of carboxylic acids is 1. The molecule has 0 atom stereocenters. The van der Waals surface area contributed by atoms with Crippen LogP contribution in [-0.2, 0) is 41.0 Å². The molecule has 4 rings (SSSR count). The third-order valence-electron chi connectivity index (χ3n) is 7.82. The monoisotopic (exact) mass is 522 g/mol. The first kappa shape index (κ1) is 30.1. The summed E-state index contributed by atoms with van der Waals surface area (Å²) in [5.41, 5.74) is 2.32. The van der Waals surface area contributed by atoms with Gasteiger partial charge < -0.3 is 23.7 Å². The van der Waals surface area contributed by atoms with Crippen molar-refractivity contribution in [1.29, 1.82) is 0 Å².